The molecule has 0 amide bonds. The van der Waals surface area contributed by atoms with Gasteiger partial charge < -0.3 is 10.5 Å². The van der Waals surface area contributed by atoms with Gasteiger partial charge in [0.2, 0.25) is 0 Å². The van der Waals surface area contributed by atoms with E-state index in [9.17, 15) is 9.59 Å². The number of halogens is 1. The molecule has 0 radical (unpaired) electrons. The SMILES string of the molecule is COC(=O)[C@H](Cc1ccccc1)NCC(=O)[C@H](C)N.Cl. The number of carbonyl (C=O) groups excluding carboxylic acids is 2. The van der Waals surface area contributed by atoms with Crippen molar-refractivity contribution >= 4 is 24.2 Å². The van der Waals surface area contributed by atoms with E-state index in [-0.39, 0.29) is 30.7 Å². The summed E-state index contributed by atoms with van der Waals surface area (Å²) in [6.07, 6.45) is 0.472. The van der Waals surface area contributed by atoms with Crippen LogP contribution in [0.4, 0.5) is 0 Å². The van der Waals surface area contributed by atoms with Gasteiger partial charge in [-0.1, -0.05) is 30.3 Å². The maximum absolute atomic E-state index is 11.7. The summed E-state index contributed by atoms with van der Waals surface area (Å²) < 4.78 is 4.73. The van der Waals surface area contributed by atoms with Crippen molar-refractivity contribution < 1.29 is 14.3 Å². The molecule has 1 aromatic carbocycles. The fourth-order valence-corrected chi connectivity index (χ4v) is 1.62. The van der Waals surface area contributed by atoms with Gasteiger partial charge in [0.05, 0.1) is 19.7 Å². The first kappa shape index (κ1) is 18.6. The van der Waals surface area contributed by atoms with Crippen molar-refractivity contribution in [2.75, 3.05) is 13.7 Å². The summed E-state index contributed by atoms with van der Waals surface area (Å²) in [6.45, 7) is 1.68. The fraction of sp³-hybridized carbons (Fsp3) is 0.429. The van der Waals surface area contributed by atoms with Crippen LogP contribution in [0.5, 0.6) is 0 Å². The molecule has 112 valence electrons. The van der Waals surface area contributed by atoms with E-state index >= 15 is 0 Å². The van der Waals surface area contributed by atoms with Crippen LogP contribution >= 0.6 is 12.4 Å². The Kier molecular flexibility index (Phi) is 8.79. The molecule has 0 fully saturated rings. The number of nitrogens with two attached hydrogens (primary N) is 1. The molecule has 5 nitrogen and oxygen atoms in total. The van der Waals surface area contributed by atoms with E-state index in [1.807, 2.05) is 30.3 Å². The van der Waals surface area contributed by atoms with Crippen molar-refractivity contribution in [1.82, 2.24) is 5.32 Å². The minimum absolute atomic E-state index is 0. The van der Waals surface area contributed by atoms with Crippen LogP contribution in [0.3, 0.4) is 0 Å². The number of esters is 1. The average Bonchev–Trinajstić information content (AvgIpc) is 2.43. The lowest BCUT2D eigenvalue weighted by molar-refractivity contribution is -0.143. The first-order valence-corrected chi connectivity index (χ1v) is 6.18. The number of methoxy groups -OCH3 is 1. The zero-order valence-electron chi connectivity index (χ0n) is 11.7. The van der Waals surface area contributed by atoms with Gasteiger partial charge in [0.1, 0.15) is 6.04 Å². The zero-order valence-corrected chi connectivity index (χ0v) is 12.5. The minimum Gasteiger partial charge on any atom is -0.468 e. The highest BCUT2D eigenvalue weighted by Gasteiger charge is 2.20. The van der Waals surface area contributed by atoms with Crippen molar-refractivity contribution in [1.29, 1.82) is 0 Å². The van der Waals surface area contributed by atoms with Crippen LogP contribution in [0.2, 0.25) is 0 Å². The second kappa shape index (κ2) is 9.47. The van der Waals surface area contributed by atoms with Gasteiger partial charge in [-0.25, -0.2) is 0 Å². The molecule has 1 rings (SSSR count). The molecule has 3 N–H and O–H groups in total. The van der Waals surface area contributed by atoms with Crippen LogP contribution in [0.25, 0.3) is 0 Å². The maximum atomic E-state index is 11.7. The van der Waals surface area contributed by atoms with Gasteiger partial charge >= 0.3 is 5.97 Å². The van der Waals surface area contributed by atoms with E-state index in [4.69, 9.17) is 10.5 Å². The zero-order chi connectivity index (χ0) is 14.3. The molecule has 0 aliphatic carbocycles. The number of hydrogen-bond acceptors (Lipinski definition) is 5. The molecular weight excluding hydrogens is 280 g/mol. The smallest absolute Gasteiger partial charge is 0.323 e. The fourth-order valence-electron chi connectivity index (χ4n) is 1.62. The number of carbonyl (C=O) groups is 2. The van der Waals surface area contributed by atoms with Crippen LogP contribution in [0, 0.1) is 0 Å². The molecule has 0 aliphatic rings. The van der Waals surface area contributed by atoms with Crippen LogP contribution in [0.15, 0.2) is 30.3 Å². The molecular formula is C14H21ClN2O3. The van der Waals surface area contributed by atoms with Crippen LogP contribution in [0.1, 0.15) is 12.5 Å². The molecule has 0 aliphatic heterocycles. The predicted octanol–water partition coefficient (Wildman–Crippen LogP) is 0.698. The Morgan fingerprint density at radius 1 is 1.30 bits per heavy atom. The van der Waals surface area contributed by atoms with E-state index in [2.05, 4.69) is 5.32 Å². The van der Waals surface area contributed by atoms with Crippen molar-refractivity contribution in [3.05, 3.63) is 35.9 Å². The van der Waals surface area contributed by atoms with Crippen molar-refractivity contribution in [2.45, 2.75) is 25.4 Å². The molecule has 6 heteroatoms. The second-order valence-corrected chi connectivity index (χ2v) is 4.40. The lowest BCUT2D eigenvalue weighted by atomic mass is 10.1. The molecule has 0 saturated heterocycles. The largest absolute Gasteiger partial charge is 0.468 e. The lowest BCUT2D eigenvalue weighted by Gasteiger charge is -2.16. The van der Waals surface area contributed by atoms with Gasteiger partial charge in [-0.15, -0.1) is 12.4 Å². The summed E-state index contributed by atoms with van der Waals surface area (Å²) in [4.78, 5) is 23.1. The normalized spacial score (nSPS) is 12.9. The highest BCUT2D eigenvalue weighted by molar-refractivity contribution is 5.86. The molecule has 0 spiro atoms. The highest BCUT2D eigenvalue weighted by Crippen LogP contribution is 2.04. The first-order valence-electron chi connectivity index (χ1n) is 6.18. The molecule has 1 aromatic rings. The lowest BCUT2D eigenvalue weighted by Crippen LogP contribution is -2.45. The Balaban J connectivity index is 0.00000361. The summed E-state index contributed by atoms with van der Waals surface area (Å²) in [5.41, 5.74) is 6.48. The Morgan fingerprint density at radius 3 is 2.40 bits per heavy atom. The average molecular weight is 301 g/mol. The van der Waals surface area contributed by atoms with Crippen molar-refractivity contribution in [3.8, 4) is 0 Å². The Morgan fingerprint density at radius 2 is 1.90 bits per heavy atom. The molecule has 20 heavy (non-hydrogen) atoms. The third kappa shape index (κ3) is 6.14. The highest BCUT2D eigenvalue weighted by atomic mass is 35.5. The molecule has 0 aromatic heterocycles. The van der Waals surface area contributed by atoms with Crippen LogP contribution < -0.4 is 11.1 Å². The third-order valence-electron chi connectivity index (χ3n) is 2.80. The number of benzene rings is 1. The molecule has 0 saturated carbocycles. The Labute approximate surface area is 125 Å². The summed E-state index contributed by atoms with van der Waals surface area (Å²) in [5, 5.41) is 2.90. The van der Waals surface area contributed by atoms with Gasteiger partial charge in [-0.3, -0.25) is 14.9 Å². The van der Waals surface area contributed by atoms with Gasteiger partial charge in [-0.05, 0) is 18.9 Å². The van der Waals surface area contributed by atoms with Crippen molar-refractivity contribution in [3.63, 3.8) is 0 Å². The summed E-state index contributed by atoms with van der Waals surface area (Å²) in [5.74, 6) is -0.525. The van der Waals surface area contributed by atoms with Crippen LogP contribution in [-0.2, 0) is 20.7 Å². The standard InChI is InChI=1S/C14H20N2O3.ClH/c1-10(15)13(17)9-16-12(14(18)19-2)8-11-6-4-3-5-7-11;/h3-7,10,12,16H,8-9,15H2,1-2H3;1H/t10-,12-;/m0./s1. The number of nitrogens with one attached hydrogen (secondary N) is 1. The van der Waals surface area contributed by atoms with Gasteiger partial charge in [-0.2, -0.15) is 0 Å². The molecule has 0 unspecified atom stereocenters. The number of Topliss-reactive ketones (excluding diaryl/α,β-unsaturated/α-hetero) is 1. The quantitative estimate of drug-likeness (QED) is 0.725. The summed E-state index contributed by atoms with van der Waals surface area (Å²) in [7, 11) is 1.33. The van der Waals surface area contributed by atoms with Crippen LogP contribution in [-0.4, -0.2) is 37.5 Å². The van der Waals surface area contributed by atoms with E-state index in [0.717, 1.165) is 5.56 Å². The topological polar surface area (TPSA) is 81.4 Å². The number of rotatable bonds is 7. The summed E-state index contributed by atoms with van der Waals surface area (Å²) in [6, 6.07) is 8.46. The number of ketones is 1. The number of ether oxygens (including phenoxy) is 1. The van der Waals surface area contributed by atoms with E-state index < -0.39 is 12.1 Å². The second-order valence-electron chi connectivity index (χ2n) is 4.40. The third-order valence-corrected chi connectivity index (χ3v) is 2.80. The first-order chi connectivity index (χ1) is 9.04. The molecule has 2 atom stereocenters. The maximum Gasteiger partial charge on any atom is 0.323 e. The summed E-state index contributed by atoms with van der Waals surface area (Å²) >= 11 is 0. The van der Waals surface area contributed by atoms with E-state index in [1.165, 1.54) is 7.11 Å². The van der Waals surface area contributed by atoms with E-state index in [1.54, 1.807) is 6.92 Å². The van der Waals surface area contributed by atoms with Crippen molar-refractivity contribution in [2.24, 2.45) is 5.73 Å². The van der Waals surface area contributed by atoms with Gasteiger partial charge in [0, 0.05) is 0 Å². The van der Waals surface area contributed by atoms with Gasteiger partial charge in [0.15, 0.2) is 5.78 Å². The number of hydrogen-bond donors (Lipinski definition) is 2. The predicted molar refractivity (Wildman–Crippen MR) is 79.9 cm³/mol. The Bertz CT molecular complexity index is 424. The minimum atomic E-state index is -0.546. The van der Waals surface area contributed by atoms with E-state index in [0.29, 0.717) is 6.42 Å². The monoisotopic (exact) mass is 300 g/mol. The molecule has 0 heterocycles. The van der Waals surface area contributed by atoms with Gasteiger partial charge in [0.25, 0.3) is 0 Å². The Hall–Kier alpha value is -1.43. The molecule has 0 bridgehead atoms.